The summed E-state index contributed by atoms with van der Waals surface area (Å²) in [4.78, 5) is 4.25. The van der Waals surface area contributed by atoms with E-state index in [2.05, 4.69) is 26.2 Å². The van der Waals surface area contributed by atoms with E-state index in [4.69, 9.17) is 4.42 Å². The van der Waals surface area contributed by atoms with E-state index >= 15 is 0 Å². The topological polar surface area (TPSA) is 38.1 Å². The molecule has 0 fully saturated rings. The Morgan fingerprint density at radius 2 is 2.11 bits per heavy atom. The second-order valence-corrected chi connectivity index (χ2v) is 5.00. The van der Waals surface area contributed by atoms with Crippen LogP contribution in [-0.2, 0) is 13.1 Å². The van der Waals surface area contributed by atoms with Crippen LogP contribution in [0.4, 0.5) is 4.39 Å². The molecule has 0 spiro atoms. The molecule has 0 amide bonds. The van der Waals surface area contributed by atoms with Crippen LogP contribution in [0.5, 0.6) is 0 Å². The normalized spacial score (nSPS) is 10.9. The summed E-state index contributed by atoms with van der Waals surface area (Å²) in [6.07, 6.45) is 0. The molecule has 0 unspecified atom stereocenters. The van der Waals surface area contributed by atoms with E-state index in [1.165, 1.54) is 6.07 Å². The van der Waals surface area contributed by atoms with E-state index in [1.807, 2.05) is 19.9 Å². The first-order valence-corrected chi connectivity index (χ1v) is 6.43. The van der Waals surface area contributed by atoms with Crippen molar-refractivity contribution in [3.8, 4) is 0 Å². The van der Waals surface area contributed by atoms with Gasteiger partial charge in [0.15, 0.2) is 0 Å². The van der Waals surface area contributed by atoms with Crippen LogP contribution in [0, 0.1) is 19.7 Å². The molecule has 5 heteroatoms. The number of oxazole rings is 1. The molecule has 1 N–H and O–H groups in total. The number of nitrogens with zero attached hydrogens (tertiary/aromatic N) is 1. The molecule has 1 aromatic heterocycles. The number of aromatic nitrogens is 1. The standard InChI is InChI=1S/C13H14BrFN2O/c1-8-9(2)18-13(17-8)7-16-6-10-3-4-11(14)5-12(10)15/h3-5,16H,6-7H2,1-2H3. The molecule has 0 aliphatic heterocycles. The molecule has 0 atom stereocenters. The van der Waals surface area contributed by atoms with Crippen molar-refractivity contribution in [3.05, 3.63) is 51.4 Å². The molecule has 2 rings (SSSR count). The molecule has 0 aliphatic carbocycles. The first kappa shape index (κ1) is 13.2. The molecule has 1 heterocycles. The number of halogens is 2. The smallest absolute Gasteiger partial charge is 0.208 e. The zero-order valence-corrected chi connectivity index (χ0v) is 11.8. The lowest BCUT2D eigenvalue weighted by Crippen LogP contribution is -2.14. The predicted octanol–water partition coefficient (Wildman–Crippen LogP) is 3.48. The zero-order valence-electron chi connectivity index (χ0n) is 10.3. The fraction of sp³-hybridized carbons (Fsp3) is 0.308. The van der Waals surface area contributed by atoms with Gasteiger partial charge in [-0.3, -0.25) is 0 Å². The Morgan fingerprint density at radius 1 is 1.33 bits per heavy atom. The van der Waals surface area contributed by atoms with Crippen LogP contribution < -0.4 is 5.32 Å². The van der Waals surface area contributed by atoms with Crippen molar-refractivity contribution in [2.45, 2.75) is 26.9 Å². The molecule has 3 nitrogen and oxygen atoms in total. The molecule has 1 aromatic carbocycles. The van der Waals surface area contributed by atoms with E-state index in [0.717, 1.165) is 15.9 Å². The van der Waals surface area contributed by atoms with Crippen molar-refractivity contribution in [2.75, 3.05) is 0 Å². The van der Waals surface area contributed by atoms with Gasteiger partial charge < -0.3 is 9.73 Å². The van der Waals surface area contributed by atoms with Crippen molar-refractivity contribution in [1.29, 1.82) is 0 Å². The predicted molar refractivity (Wildman–Crippen MR) is 70.6 cm³/mol. The van der Waals surface area contributed by atoms with Gasteiger partial charge in [-0.25, -0.2) is 9.37 Å². The van der Waals surface area contributed by atoms with E-state index in [1.54, 1.807) is 6.07 Å². The van der Waals surface area contributed by atoms with E-state index in [-0.39, 0.29) is 5.82 Å². The van der Waals surface area contributed by atoms with Crippen molar-refractivity contribution < 1.29 is 8.81 Å². The average Bonchev–Trinajstić information content (AvgIpc) is 2.61. The van der Waals surface area contributed by atoms with Gasteiger partial charge in [0.2, 0.25) is 5.89 Å². The molecule has 96 valence electrons. The minimum absolute atomic E-state index is 0.225. The molecular formula is C13H14BrFN2O. The summed E-state index contributed by atoms with van der Waals surface area (Å²) < 4.78 is 19.7. The zero-order chi connectivity index (χ0) is 13.1. The minimum Gasteiger partial charge on any atom is -0.444 e. The van der Waals surface area contributed by atoms with Gasteiger partial charge in [-0.15, -0.1) is 0 Å². The Labute approximate surface area is 114 Å². The van der Waals surface area contributed by atoms with Gasteiger partial charge in [0.25, 0.3) is 0 Å². The highest BCUT2D eigenvalue weighted by Crippen LogP contribution is 2.15. The van der Waals surface area contributed by atoms with Gasteiger partial charge in [0.05, 0.1) is 12.2 Å². The van der Waals surface area contributed by atoms with Gasteiger partial charge in [0, 0.05) is 16.6 Å². The number of benzene rings is 1. The molecule has 2 aromatic rings. The highest BCUT2D eigenvalue weighted by Gasteiger charge is 2.06. The number of hydrogen-bond acceptors (Lipinski definition) is 3. The maximum Gasteiger partial charge on any atom is 0.208 e. The van der Waals surface area contributed by atoms with Crippen molar-refractivity contribution in [3.63, 3.8) is 0 Å². The summed E-state index contributed by atoms with van der Waals surface area (Å²) in [7, 11) is 0. The number of hydrogen-bond donors (Lipinski definition) is 1. The summed E-state index contributed by atoms with van der Waals surface area (Å²) >= 11 is 3.23. The average molecular weight is 313 g/mol. The van der Waals surface area contributed by atoms with Crippen LogP contribution in [-0.4, -0.2) is 4.98 Å². The Hall–Kier alpha value is -1.20. The Morgan fingerprint density at radius 3 is 2.72 bits per heavy atom. The molecule has 0 aliphatic rings. The Kier molecular flexibility index (Phi) is 4.14. The molecule has 0 saturated carbocycles. The highest BCUT2D eigenvalue weighted by molar-refractivity contribution is 9.10. The van der Waals surface area contributed by atoms with Gasteiger partial charge in [-0.1, -0.05) is 22.0 Å². The van der Waals surface area contributed by atoms with Crippen LogP contribution in [0.2, 0.25) is 0 Å². The van der Waals surface area contributed by atoms with Gasteiger partial charge in [-0.05, 0) is 26.0 Å². The van der Waals surface area contributed by atoms with Gasteiger partial charge in [0.1, 0.15) is 11.6 Å². The van der Waals surface area contributed by atoms with Gasteiger partial charge in [-0.2, -0.15) is 0 Å². The number of nitrogens with one attached hydrogen (secondary N) is 1. The van der Waals surface area contributed by atoms with E-state index < -0.39 is 0 Å². The summed E-state index contributed by atoms with van der Waals surface area (Å²) in [5, 5.41) is 3.11. The molecule has 0 bridgehead atoms. The fourth-order valence-corrected chi connectivity index (χ4v) is 1.92. The van der Waals surface area contributed by atoms with Crippen LogP contribution in [0.25, 0.3) is 0 Å². The summed E-state index contributed by atoms with van der Waals surface area (Å²) in [5.74, 6) is 1.22. The molecule has 18 heavy (non-hydrogen) atoms. The van der Waals surface area contributed by atoms with Crippen molar-refractivity contribution in [1.82, 2.24) is 10.3 Å². The van der Waals surface area contributed by atoms with Crippen LogP contribution in [0.1, 0.15) is 22.9 Å². The second kappa shape index (κ2) is 5.63. The second-order valence-electron chi connectivity index (χ2n) is 4.09. The first-order chi connectivity index (χ1) is 8.56. The first-order valence-electron chi connectivity index (χ1n) is 5.64. The summed E-state index contributed by atoms with van der Waals surface area (Å²) in [5.41, 5.74) is 1.51. The van der Waals surface area contributed by atoms with Crippen molar-refractivity contribution in [2.24, 2.45) is 0 Å². The maximum absolute atomic E-state index is 13.5. The van der Waals surface area contributed by atoms with Crippen molar-refractivity contribution >= 4 is 15.9 Å². The Balaban J connectivity index is 1.92. The largest absolute Gasteiger partial charge is 0.444 e. The lowest BCUT2D eigenvalue weighted by molar-refractivity contribution is 0.446. The Bertz CT molecular complexity index is 534. The summed E-state index contributed by atoms with van der Waals surface area (Å²) in [6, 6.07) is 5.02. The fourth-order valence-electron chi connectivity index (χ4n) is 1.58. The van der Waals surface area contributed by atoms with E-state index in [9.17, 15) is 4.39 Å². The van der Waals surface area contributed by atoms with Gasteiger partial charge >= 0.3 is 0 Å². The van der Waals surface area contributed by atoms with Crippen LogP contribution in [0.3, 0.4) is 0 Å². The highest BCUT2D eigenvalue weighted by atomic mass is 79.9. The monoisotopic (exact) mass is 312 g/mol. The molecular weight excluding hydrogens is 299 g/mol. The molecule has 0 saturated heterocycles. The SMILES string of the molecule is Cc1nc(CNCc2ccc(Br)cc2F)oc1C. The van der Waals surface area contributed by atoms with Crippen LogP contribution in [0.15, 0.2) is 27.1 Å². The minimum atomic E-state index is -0.225. The lowest BCUT2D eigenvalue weighted by Gasteiger charge is -2.04. The number of rotatable bonds is 4. The third-order valence-corrected chi connectivity index (χ3v) is 3.17. The lowest BCUT2D eigenvalue weighted by atomic mass is 10.2. The molecule has 0 radical (unpaired) electrons. The quantitative estimate of drug-likeness (QED) is 0.939. The third kappa shape index (κ3) is 3.17. The third-order valence-electron chi connectivity index (χ3n) is 2.68. The van der Waals surface area contributed by atoms with Crippen LogP contribution >= 0.6 is 15.9 Å². The number of aryl methyl sites for hydroxylation is 2. The van der Waals surface area contributed by atoms with E-state index in [0.29, 0.717) is 24.5 Å². The summed E-state index contributed by atoms with van der Waals surface area (Å²) in [6.45, 7) is 4.71. The maximum atomic E-state index is 13.5.